The summed E-state index contributed by atoms with van der Waals surface area (Å²) in [6.45, 7) is 3.09. The Kier molecular flexibility index (Phi) is 11.5. The molecule has 1 rings (SSSR count). The van der Waals surface area contributed by atoms with Crippen LogP contribution in [-0.4, -0.2) is 64.5 Å². The first kappa shape index (κ1) is 28.4. The Labute approximate surface area is 197 Å². The van der Waals surface area contributed by atoms with Crippen molar-refractivity contribution in [2.75, 3.05) is 6.54 Å². The summed E-state index contributed by atoms with van der Waals surface area (Å²) in [5.41, 5.74) is 11.7. The molecule has 0 aliphatic heterocycles. The maximum absolute atomic E-state index is 12.6. The molecule has 188 valence electrons. The summed E-state index contributed by atoms with van der Waals surface area (Å²) in [5, 5.41) is 25.7. The fourth-order valence-corrected chi connectivity index (χ4v) is 3.04. The zero-order valence-electron chi connectivity index (χ0n) is 19.2. The van der Waals surface area contributed by atoms with Gasteiger partial charge in [0, 0.05) is 6.42 Å². The van der Waals surface area contributed by atoms with Gasteiger partial charge in [-0.15, -0.1) is 0 Å². The summed E-state index contributed by atoms with van der Waals surface area (Å²) >= 11 is 0. The molecular formula is C22H33N5O7. The van der Waals surface area contributed by atoms with Crippen LogP contribution in [-0.2, 0) is 30.4 Å². The van der Waals surface area contributed by atoms with Gasteiger partial charge in [0.15, 0.2) is 0 Å². The Morgan fingerprint density at radius 2 is 1.59 bits per heavy atom. The zero-order valence-corrected chi connectivity index (χ0v) is 19.2. The summed E-state index contributed by atoms with van der Waals surface area (Å²) in [5.74, 6) is -3.92. The van der Waals surface area contributed by atoms with Crippen LogP contribution in [0.1, 0.15) is 38.7 Å². The van der Waals surface area contributed by atoms with Gasteiger partial charge >= 0.3 is 5.97 Å². The molecule has 0 aliphatic carbocycles. The van der Waals surface area contributed by atoms with Gasteiger partial charge in [-0.2, -0.15) is 0 Å². The number of carbonyl (C=O) groups is 5. The third kappa shape index (κ3) is 10.8. The maximum Gasteiger partial charge on any atom is 0.326 e. The van der Waals surface area contributed by atoms with Crippen molar-refractivity contribution in [2.45, 2.75) is 57.7 Å². The molecule has 12 heteroatoms. The number of carbonyl (C=O) groups excluding carboxylic acids is 4. The molecule has 0 aromatic heterocycles. The van der Waals surface area contributed by atoms with Crippen molar-refractivity contribution in [2.24, 2.45) is 17.4 Å². The maximum atomic E-state index is 12.6. The standard InChI is InChI=1S/C22H33N5O7/c1-12(2)9-17(22(33)34)26-19(30)11-25-21(32)16(7-8-18(24)29)27-20(31)15(23)10-13-3-5-14(28)6-4-13/h3-6,12,15-17,28H,7-11,23H2,1-2H3,(H2,24,29)(H,25,32)(H,26,30)(H,27,31)(H,33,34). The highest BCUT2D eigenvalue weighted by atomic mass is 16.4. The second-order valence-electron chi connectivity index (χ2n) is 8.35. The number of hydrogen-bond acceptors (Lipinski definition) is 7. The molecule has 0 saturated carbocycles. The van der Waals surface area contributed by atoms with E-state index in [9.17, 15) is 34.2 Å². The van der Waals surface area contributed by atoms with Gasteiger partial charge in [0.2, 0.25) is 23.6 Å². The number of hydrogen-bond donors (Lipinski definition) is 7. The minimum atomic E-state index is -1.19. The lowest BCUT2D eigenvalue weighted by Gasteiger charge is -2.21. The van der Waals surface area contributed by atoms with Crippen molar-refractivity contribution in [3.63, 3.8) is 0 Å². The molecule has 0 bridgehead atoms. The second-order valence-corrected chi connectivity index (χ2v) is 8.35. The molecule has 1 aromatic rings. The van der Waals surface area contributed by atoms with E-state index in [2.05, 4.69) is 16.0 Å². The van der Waals surface area contributed by atoms with Crippen molar-refractivity contribution in [3.8, 4) is 5.75 Å². The van der Waals surface area contributed by atoms with Crippen LogP contribution in [0.15, 0.2) is 24.3 Å². The summed E-state index contributed by atoms with van der Waals surface area (Å²) in [6, 6.07) is 2.78. The average Bonchev–Trinajstić information content (AvgIpc) is 2.75. The van der Waals surface area contributed by atoms with Gasteiger partial charge in [-0.05, 0) is 42.9 Å². The first-order valence-electron chi connectivity index (χ1n) is 10.8. The van der Waals surface area contributed by atoms with Gasteiger partial charge in [0.1, 0.15) is 17.8 Å². The number of amides is 4. The number of nitrogens with one attached hydrogen (secondary N) is 3. The van der Waals surface area contributed by atoms with E-state index in [0.29, 0.717) is 5.56 Å². The molecule has 0 fully saturated rings. The highest BCUT2D eigenvalue weighted by molar-refractivity contribution is 5.93. The molecule has 0 spiro atoms. The molecule has 34 heavy (non-hydrogen) atoms. The lowest BCUT2D eigenvalue weighted by Crippen LogP contribution is -2.54. The van der Waals surface area contributed by atoms with Crippen molar-refractivity contribution in [1.82, 2.24) is 16.0 Å². The third-order valence-corrected chi connectivity index (χ3v) is 4.80. The van der Waals surface area contributed by atoms with Crippen molar-refractivity contribution >= 4 is 29.6 Å². The number of nitrogens with two attached hydrogens (primary N) is 2. The van der Waals surface area contributed by atoms with E-state index in [1.165, 1.54) is 12.1 Å². The van der Waals surface area contributed by atoms with E-state index in [4.69, 9.17) is 11.5 Å². The topological polar surface area (TPSA) is 214 Å². The van der Waals surface area contributed by atoms with Crippen molar-refractivity contribution < 1.29 is 34.2 Å². The number of carboxylic acid groups (broad SMARTS) is 1. The lowest BCUT2D eigenvalue weighted by molar-refractivity contribution is -0.142. The number of primary amides is 1. The molecule has 3 atom stereocenters. The number of rotatable bonds is 14. The largest absolute Gasteiger partial charge is 0.508 e. The van der Waals surface area contributed by atoms with Crippen LogP contribution in [0.25, 0.3) is 0 Å². The second kappa shape index (κ2) is 13.8. The molecule has 3 unspecified atom stereocenters. The SMILES string of the molecule is CC(C)CC(NC(=O)CNC(=O)C(CCC(N)=O)NC(=O)C(N)Cc1ccc(O)cc1)C(=O)O. The molecule has 12 nitrogen and oxygen atoms in total. The van der Waals surface area contributed by atoms with E-state index >= 15 is 0 Å². The Morgan fingerprint density at radius 1 is 0.971 bits per heavy atom. The molecule has 0 radical (unpaired) electrons. The summed E-state index contributed by atoms with van der Waals surface area (Å²) in [7, 11) is 0. The number of benzene rings is 1. The molecular weight excluding hydrogens is 446 g/mol. The van der Waals surface area contributed by atoms with E-state index in [0.717, 1.165) is 0 Å². The predicted molar refractivity (Wildman–Crippen MR) is 122 cm³/mol. The molecule has 9 N–H and O–H groups in total. The number of aromatic hydroxyl groups is 1. The number of phenolic OH excluding ortho intramolecular Hbond substituents is 1. The number of carboxylic acids is 1. The molecule has 0 saturated heterocycles. The van der Waals surface area contributed by atoms with Crippen LogP contribution in [0, 0.1) is 5.92 Å². The van der Waals surface area contributed by atoms with E-state index in [1.807, 2.05) is 13.8 Å². The summed E-state index contributed by atoms with van der Waals surface area (Å²) in [4.78, 5) is 59.6. The first-order chi connectivity index (χ1) is 15.9. The molecule has 0 heterocycles. The van der Waals surface area contributed by atoms with Crippen LogP contribution in [0.2, 0.25) is 0 Å². The minimum absolute atomic E-state index is 0.0233. The van der Waals surface area contributed by atoms with Gasteiger partial charge in [0.05, 0.1) is 12.6 Å². The molecule has 0 aliphatic rings. The lowest BCUT2D eigenvalue weighted by atomic mass is 10.0. The first-order valence-corrected chi connectivity index (χ1v) is 10.8. The van der Waals surface area contributed by atoms with E-state index in [1.54, 1.807) is 12.1 Å². The Balaban J connectivity index is 2.71. The number of phenols is 1. The summed E-state index contributed by atoms with van der Waals surface area (Å²) < 4.78 is 0. The van der Waals surface area contributed by atoms with E-state index in [-0.39, 0.29) is 37.4 Å². The van der Waals surface area contributed by atoms with Crippen LogP contribution in [0.5, 0.6) is 5.75 Å². The predicted octanol–water partition coefficient (Wildman–Crippen LogP) is -1.26. The Bertz CT molecular complexity index is 873. The monoisotopic (exact) mass is 479 g/mol. The van der Waals surface area contributed by atoms with Gasteiger partial charge < -0.3 is 37.6 Å². The van der Waals surface area contributed by atoms with E-state index < -0.39 is 54.3 Å². The highest BCUT2D eigenvalue weighted by Gasteiger charge is 2.26. The molecule has 4 amide bonds. The van der Waals surface area contributed by atoms with Gasteiger partial charge in [-0.3, -0.25) is 19.2 Å². The fourth-order valence-electron chi connectivity index (χ4n) is 3.04. The summed E-state index contributed by atoms with van der Waals surface area (Å²) in [6.07, 6.45) is 0.0230. The Morgan fingerprint density at radius 3 is 2.12 bits per heavy atom. The van der Waals surface area contributed by atoms with Crippen LogP contribution < -0.4 is 27.4 Å². The quantitative estimate of drug-likeness (QED) is 0.171. The average molecular weight is 480 g/mol. The highest BCUT2D eigenvalue weighted by Crippen LogP contribution is 2.11. The van der Waals surface area contributed by atoms with Gasteiger partial charge in [-0.1, -0.05) is 26.0 Å². The third-order valence-electron chi connectivity index (χ3n) is 4.80. The van der Waals surface area contributed by atoms with Crippen molar-refractivity contribution in [3.05, 3.63) is 29.8 Å². The number of aliphatic carboxylic acids is 1. The van der Waals surface area contributed by atoms with Gasteiger partial charge in [0.25, 0.3) is 0 Å². The van der Waals surface area contributed by atoms with Crippen LogP contribution >= 0.6 is 0 Å². The molecule has 1 aromatic carbocycles. The van der Waals surface area contributed by atoms with Crippen LogP contribution in [0.4, 0.5) is 0 Å². The van der Waals surface area contributed by atoms with Crippen LogP contribution in [0.3, 0.4) is 0 Å². The van der Waals surface area contributed by atoms with Gasteiger partial charge in [-0.25, -0.2) is 4.79 Å². The normalized spacial score (nSPS) is 13.4. The minimum Gasteiger partial charge on any atom is -0.508 e. The fraction of sp³-hybridized carbons (Fsp3) is 0.500. The zero-order chi connectivity index (χ0) is 25.8. The smallest absolute Gasteiger partial charge is 0.326 e. The Hall–Kier alpha value is -3.67. The van der Waals surface area contributed by atoms with Crippen molar-refractivity contribution in [1.29, 1.82) is 0 Å².